The lowest BCUT2D eigenvalue weighted by Crippen LogP contribution is -2.28. The number of hydrogen-bond acceptors (Lipinski definition) is 6. The summed E-state index contributed by atoms with van der Waals surface area (Å²) in [5.74, 6) is 0.883. The van der Waals surface area contributed by atoms with E-state index in [9.17, 15) is 4.79 Å². The number of methoxy groups -OCH3 is 1. The van der Waals surface area contributed by atoms with E-state index in [2.05, 4.69) is 20.8 Å². The van der Waals surface area contributed by atoms with Gasteiger partial charge in [0.2, 0.25) is 11.1 Å². The highest BCUT2D eigenvalue weighted by molar-refractivity contribution is 7.99. The van der Waals surface area contributed by atoms with Crippen LogP contribution in [0, 0.1) is 0 Å². The van der Waals surface area contributed by atoms with E-state index in [4.69, 9.17) is 16.3 Å². The fourth-order valence-electron chi connectivity index (χ4n) is 2.62. The second kappa shape index (κ2) is 9.57. The number of benzene rings is 2. The number of ether oxygens (including phenoxy) is 1. The van der Waals surface area contributed by atoms with Crippen LogP contribution < -0.4 is 10.1 Å². The van der Waals surface area contributed by atoms with Crippen molar-refractivity contribution < 1.29 is 9.53 Å². The molecule has 1 atom stereocenters. The quantitative estimate of drug-likeness (QED) is 0.566. The molecule has 0 aliphatic rings. The van der Waals surface area contributed by atoms with Crippen LogP contribution in [0.15, 0.2) is 53.7 Å². The number of thioether (sulfide) groups is 1. The summed E-state index contributed by atoms with van der Waals surface area (Å²) in [6.07, 6.45) is 0. The van der Waals surface area contributed by atoms with E-state index in [0.717, 1.165) is 16.9 Å². The Bertz CT molecular complexity index is 932. The lowest BCUT2D eigenvalue weighted by atomic mass is 10.1. The molecule has 146 valence electrons. The summed E-state index contributed by atoms with van der Waals surface area (Å²) in [6, 6.07) is 14.9. The maximum Gasteiger partial charge on any atom is 0.230 e. The average Bonchev–Trinajstić information content (AvgIpc) is 3.14. The van der Waals surface area contributed by atoms with E-state index in [1.807, 2.05) is 55.5 Å². The van der Waals surface area contributed by atoms with Gasteiger partial charge in [-0.1, -0.05) is 53.7 Å². The molecule has 1 heterocycles. The minimum atomic E-state index is -0.183. The number of aromatic nitrogens is 4. The number of carbonyl (C=O) groups excluding carboxylic acids is 1. The number of hydrogen-bond donors (Lipinski definition) is 1. The highest BCUT2D eigenvalue weighted by atomic mass is 35.5. The van der Waals surface area contributed by atoms with Crippen molar-refractivity contribution >= 4 is 29.3 Å². The van der Waals surface area contributed by atoms with Gasteiger partial charge in [-0.2, -0.15) is 0 Å². The molecule has 0 saturated carbocycles. The number of carbonyl (C=O) groups is 1. The second-order valence-corrected chi connectivity index (χ2v) is 7.42. The fourth-order valence-corrected chi connectivity index (χ4v) is 3.61. The van der Waals surface area contributed by atoms with E-state index in [1.165, 1.54) is 11.8 Å². The lowest BCUT2D eigenvalue weighted by Gasteiger charge is -2.15. The Hall–Kier alpha value is -2.58. The minimum Gasteiger partial charge on any atom is -0.497 e. The molecule has 1 N–H and O–H groups in total. The highest BCUT2D eigenvalue weighted by Crippen LogP contribution is 2.22. The first-order chi connectivity index (χ1) is 13.6. The van der Waals surface area contributed by atoms with E-state index >= 15 is 0 Å². The molecule has 1 unspecified atom stereocenters. The summed E-state index contributed by atoms with van der Waals surface area (Å²) in [5, 5.41) is 15.9. The van der Waals surface area contributed by atoms with Crippen molar-refractivity contribution in [1.82, 2.24) is 25.5 Å². The summed E-state index contributed by atoms with van der Waals surface area (Å²) in [4.78, 5) is 12.3. The Morgan fingerprint density at radius 1 is 1.25 bits per heavy atom. The van der Waals surface area contributed by atoms with Gasteiger partial charge < -0.3 is 10.1 Å². The molecule has 3 aromatic rings. The zero-order chi connectivity index (χ0) is 19.9. The van der Waals surface area contributed by atoms with Gasteiger partial charge in [0.05, 0.1) is 25.4 Å². The molecule has 0 fully saturated rings. The summed E-state index contributed by atoms with van der Waals surface area (Å²) in [5.41, 5.74) is 1.92. The average molecular weight is 418 g/mol. The summed E-state index contributed by atoms with van der Waals surface area (Å²) >= 11 is 7.47. The molecule has 3 rings (SSSR count). The third-order valence-corrected chi connectivity index (χ3v) is 5.37. The summed E-state index contributed by atoms with van der Waals surface area (Å²) in [7, 11) is 1.63. The van der Waals surface area contributed by atoms with Gasteiger partial charge in [0.15, 0.2) is 0 Å². The van der Waals surface area contributed by atoms with E-state index < -0.39 is 0 Å². The molecule has 0 aliphatic carbocycles. The number of rotatable bonds is 8. The molecule has 1 amide bonds. The minimum absolute atomic E-state index is 0.114. The molecule has 9 heteroatoms. The van der Waals surface area contributed by atoms with Gasteiger partial charge in [-0.05, 0) is 46.7 Å². The van der Waals surface area contributed by atoms with Crippen LogP contribution in [-0.4, -0.2) is 39.0 Å². The number of tetrazole rings is 1. The maximum atomic E-state index is 12.3. The normalized spacial score (nSPS) is 11.8. The number of nitrogens with zero attached hydrogens (tertiary/aromatic N) is 4. The first kappa shape index (κ1) is 20.2. The van der Waals surface area contributed by atoms with Gasteiger partial charge in [-0.15, -0.1) is 5.10 Å². The molecule has 2 aromatic carbocycles. The molecule has 0 bridgehead atoms. The first-order valence-corrected chi connectivity index (χ1v) is 9.99. The van der Waals surface area contributed by atoms with Crippen molar-refractivity contribution in [3.63, 3.8) is 0 Å². The third-order valence-electron chi connectivity index (χ3n) is 4.07. The third kappa shape index (κ3) is 5.24. The predicted octanol–water partition coefficient (Wildman–Crippen LogP) is 3.35. The van der Waals surface area contributed by atoms with Crippen LogP contribution in [0.25, 0.3) is 0 Å². The first-order valence-electron chi connectivity index (χ1n) is 8.62. The highest BCUT2D eigenvalue weighted by Gasteiger charge is 2.14. The monoisotopic (exact) mass is 417 g/mol. The zero-order valence-corrected chi connectivity index (χ0v) is 17.1. The predicted molar refractivity (Wildman–Crippen MR) is 109 cm³/mol. The van der Waals surface area contributed by atoms with E-state index in [-0.39, 0.29) is 17.7 Å². The molecule has 0 saturated heterocycles. The van der Waals surface area contributed by atoms with Gasteiger partial charge in [0, 0.05) is 5.02 Å². The van der Waals surface area contributed by atoms with Gasteiger partial charge in [0.25, 0.3) is 0 Å². The molecule has 28 heavy (non-hydrogen) atoms. The molecule has 7 nitrogen and oxygen atoms in total. The second-order valence-electron chi connectivity index (χ2n) is 6.07. The summed E-state index contributed by atoms with van der Waals surface area (Å²) < 4.78 is 6.82. The maximum absolute atomic E-state index is 12.3. The Labute approximate surface area is 172 Å². The van der Waals surface area contributed by atoms with Crippen LogP contribution in [0.2, 0.25) is 5.02 Å². The molecule has 0 aliphatic heterocycles. The fraction of sp³-hybridized carbons (Fsp3) is 0.263. The molecule has 0 radical (unpaired) electrons. The number of amides is 1. The van der Waals surface area contributed by atoms with Crippen LogP contribution in [0.5, 0.6) is 5.75 Å². The zero-order valence-electron chi connectivity index (χ0n) is 15.5. The number of nitrogens with one attached hydrogen (secondary N) is 1. The van der Waals surface area contributed by atoms with Crippen LogP contribution in [-0.2, 0) is 11.3 Å². The van der Waals surface area contributed by atoms with Gasteiger partial charge in [0.1, 0.15) is 5.75 Å². The van der Waals surface area contributed by atoms with Crippen LogP contribution in [0.1, 0.15) is 24.1 Å². The SMILES string of the molecule is COc1ccc(Cn2nnnc2SCC(=O)NC(C)c2ccccc2Cl)cc1. The van der Waals surface area contributed by atoms with Gasteiger partial charge in [-0.25, -0.2) is 4.68 Å². The van der Waals surface area contributed by atoms with Gasteiger partial charge >= 0.3 is 0 Å². The Kier molecular flexibility index (Phi) is 6.89. The van der Waals surface area contributed by atoms with Crippen molar-refractivity contribution in [1.29, 1.82) is 0 Å². The lowest BCUT2D eigenvalue weighted by molar-refractivity contribution is -0.119. The standard InChI is InChI=1S/C19H20ClN5O2S/c1-13(16-5-3-4-6-17(16)20)21-18(26)12-28-19-22-23-24-25(19)11-14-7-9-15(27-2)10-8-14/h3-10,13H,11-12H2,1-2H3,(H,21,26). The molecular weight excluding hydrogens is 398 g/mol. The molecule has 0 spiro atoms. The van der Waals surface area contributed by atoms with Crippen molar-refractivity contribution in [3.8, 4) is 5.75 Å². The van der Waals surface area contributed by atoms with E-state index in [0.29, 0.717) is 16.7 Å². The van der Waals surface area contributed by atoms with Gasteiger partial charge in [-0.3, -0.25) is 4.79 Å². The Balaban J connectivity index is 1.55. The van der Waals surface area contributed by atoms with Crippen LogP contribution in [0.4, 0.5) is 0 Å². The molecular formula is C19H20ClN5O2S. The van der Waals surface area contributed by atoms with Crippen molar-refractivity contribution in [2.24, 2.45) is 0 Å². The summed E-state index contributed by atoms with van der Waals surface area (Å²) in [6.45, 7) is 2.41. The number of halogens is 1. The van der Waals surface area contributed by atoms with Crippen LogP contribution in [0.3, 0.4) is 0 Å². The van der Waals surface area contributed by atoms with Crippen molar-refractivity contribution in [2.45, 2.75) is 24.7 Å². The Morgan fingerprint density at radius 2 is 2.00 bits per heavy atom. The largest absolute Gasteiger partial charge is 0.497 e. The van der Waals surface area contributed by atoms with Crippen LogP contribution >= 0.6 is 23.4 Å². The smallest absolute Gasteiger partial charge is 0.230 e. The topological polar surface area (TPSA) is 81.9 Å². The van der Waals surface area contributed by atoms with Crippen molar-refractivity contribution in [2.75, 3.05) is 12.9 Å². The Morgan fingerprint density at radius 3 is 2.71 bits per heavy atom. The molecule has 1 aromatic heterocycles. The van der Waals surface area contributed by atoms with Crippen molar-refractivity contribution in [3.05, 3.63) is 64.7 Å². The van der Waals surface area contributed by atoms with E-state index in [1.54, 1.807) is 11.8 Å².